The van der Waals surface area contributed by atoms with Gasteiger partial charge >= 0.3 is 0 Å². The number of nitriles is 1. The normalized spacial score (nSPS) is 10.9. The van der Waals surface area contributed by atoms with E-state index in [-0.39, 0.29) is 35.6 Å². The molecule has 3 rings (SSSR count). The minimum Gasteiger partial charge on any atom is -0.382 e. The van der Waals surface area contributed by atoms with Crippen LogP contribution in [-0.2, 0) is 13.0 Å². The fourth-order valence-electron chi connectivity index (χ4n) is 3.31. The molecule has 0 aliphatic carbocycles. The van der Waals surface area contributed by atoms with Gasteiger partial charge in [-0.25, -0.2) is 14.1 Å². The molecule has 9 heteroatoms. The van der Waals surface area contributed by atoms with Gasteiger partial charge in [0.25, 0.3) is 0 Å². The van der Waals surface area contributed by atoms with Crippen LogP contribution in [0, 0.1) is 24.1 Å². The van der Waals surface area contributed by atoms with Gasteiger partial charge in [-0.15, -0.1) is 24.0 Å². The Bertz CT molecular complexity index is 1120. The first-order valence-corrected chi connectivity index (χ1v) is 10.6. The summed E-state index contributed by atoms with van der Waals surface area (Å²) in [6.07, 6.45) is 1.31. The lowest BCUT2D eigenvalue weighted by molar-refractivity contribution is 0.627. The van der Waals surface area contributed by atoms with Gasteiger partial charge in [-0.3, -0.25) is 0 Å². The largest absolute Gasteiger partial charge is 0.382 e. The van der Waals surface area contributed by atoms with Crippen LogP contribution in [0.25, 0.3) is 5.69 Å². The number of hydrogen-bond acceptors (Lipinski definition) is 4. The lowest BCUT2D eigenvalue weighted by Crippen LogP contribution is -2.37. The number of hydrogen-bond donors (Lipinski definition) is 3. The second-order valence-electron chi connectivity index (χ2n) is 7.36. The summed E-state index contributed by atoms with van der Waals surface area (Å²) in [5.74, 6) is 0.662. The first-order valence-electron chi connectivity index (χ1n) is 10.6. The number of aryl methyl sites for hydroxylation is 2. The van der Waals surface area contributed by atoms with Crippen molar-refractivity contribution >= 4 is 35.8 Å². The Labute approximate surface area is 210 Å². The minimum absolute atomic E-state index is 0. The summed E-state index contributed by atoms with van der Waals surface area (Å²) in [5, 5.41) is 20.6. The van der Waals surface area contributed by atoms with Crippen molar-refractivity contribution < 1.29 is 4.39 Å². The molecule has 1 aromatic heterocycles. The standard InChI is InChI=1S/C24H28FN7.HI/c1-3-28-24(30-16-18-8-5-4-7-17(18)2)29-14-6-9-22-21(15-26)23(27)32(31-22)20-12-10-19(25)11-13-20;/h4-5,7-8,10-13H,3,6,9,14,16,27H2,1-2H3,(H2,28,29,30);1H. The summed E-state index contributed by atoms with van der Waals surface area (Å²) in [4.78, 5) is 4.66. The van der Waals surface area contributed by atoms with Crippen LogP contribution in [0.3, 0.4) is 0 Å². The molecule has 0 aliphatic heterocycles. The number of aromatic nitrogens is 2. The number of rotatable bonds is 8. The zero-order valence-electron chi connectivity index (χ0n) is 18.8. The zero-order valence-corrected chi connectivity index (χ0v) is 21.1. The van der Waals surface area contributed by atoms with Crippen molar-refractivity contribution in [1.29, 1.82) is 5.26 Å². The number of benzene rings is 2. The Balaban J connectivity index is 0.00000385. The molecule has 0 bridgehead atoms. The third-order valence-electron chi connectivity index (χ3n) is 5.07. The van der Waals surface area contributed by atoms with Crippen molar-refractivity contribution in [2.45, 2.75) is 33.2 Å². The second kappa shape index (κ2) is 12.8. The summed E-state index contributed by atoms with van der Waals surface area (Å²) >= 11 is 0. The molecule has 4 N–H and O–H groups in total. The van der Waals surface area contributed by atoms with Crippen LogP contribution in [0.4, 0.5) is 10.2 Å². The summed E-state index contributed by atoms with van der Waals surface area (Å²) in [5.41, 5.74) is 10.1. The summed E-state index contributed by atoms with van der Waals surface area (Å²) in [6.45, 7) is 6.12. The highest BCUT2D eigenvalue weighted by Crippen LogP contribution is 2.21. The van der Waals surface area contributed by atoms with Gasteiger partial charge in [-0.2, -0.15) is 10.4 Å². The van der Waals surface area contributed by atoms with E-state index in [9.17, 15) is 9.65 Å². The molecule has 0 unspecified atom stereocenters. The topological polar surface area (TPSA) is 104 Å². The molecule has 3 aromatic rings. The van der Waals surface area contributed by atoms with Crippen LogP contribution in [0.1, 0.15) is 35.7 Å². The molecule has 0 radical (unpaired) electrons. The highest BCUT2D eigenvalue weighted by Gasteiger charge is 2.16. The summed E-state index contributed by atoms with van der Waals surface area (Å²) in [6, 6.07) is 16.2. The molecular weight excluding hydrogens is 532 g/mol. The molecular formula is C24H29FIN7. The Morgan fingerprint density at radius 1 is 1.18 bits per heavy atom. The highest BCUT2D eigenvalue weighted by molar-refractivity contribution is 14.0. The molecule has 0 saturated carbocycles. The van der Waals surface area contributed by atoms with Crippen LogP contribution < -0.4 is 16.4 Å². The number of anilines is 1. The van der Waals surface area contributed by atoms with E-state index in [1.54, 1.807) is 12.1 Å². The van der Waals surface area contributed by atoms with Crippen molar-refractivity contribution in [1.82, 2.24) is 20.4 Å². The predicted octanol–water partition coefficient (Wildman–Crippen LogP) is 4.08. The minimum atomic E-state index is -0.341. The van der Waals surface area contributed by atoms with Crippen LogP contribution in [0.15, 0.2) is 53.5 Å². The molecule has 0 fully saturated rings. The van der Waals surface area contributed by atoms with Crippen LogP contribution in [0.5, 0.6) is 0 Å². The van der Waals surface area contributed by atoms with Crippen LogP contribution >= 0.6 is 24.0 Å². The van der Waals surface area contributed by atoms with Gasteiger partial charge in [-0.05, 0) is 62.1 Å². The van der Waals surface area contributed by atoms with Gasteiger partial charge < -0.3 is 16.4 Å². The van der Waals surface area contributed by atoms with Gasteiger partial charge in [-0.1, -0.05) is 24.3 Å². The van der Waals surface area contributed by atoms with Crippen LogP contribution in [0.2, 0.25) is 0 Å². The fourth-order valence-corrected chi connectivity index (χ4v) is 3.31. The van der Waals surface area contributed by atoms with E-state index in [1.807, 2.05) is 19.1 Å². The fraction of sp³-hybridized carbons (Fsp3) is 0.292. The molecule has 0 saturated heterocycles. The number of nitrogens with two attached hydrogens (primary N) is 1. The number of halogens is 2. The molecule has 2 aromatic carbocycles. The number of aliphatic imine (C=N–C) groups is 1. The molecule has 0 atom stereocenters. The third-order valence-corrected chi connectivity index (χ3v) is 5.07. The molecule has 0 spiro atoms. The van der Waals surface area contributed by atoms with Crippen molar-refractivity contribution in [2.24, 2.45) is 4.99 Å². The lowest BCUT2D eigenvalue weighted by atomic mass is 10.1. The smallest absolute Gasteiger partial charge is 0.191 e. The Kier molecular flexibility index (Phi) is 10.1. The maximum absolute atomic E-state index is 13.2. The molecule has 1 heterocycles. The van der Waals surface area contributed by atoms with E-state index in [4.69, 9.17) is 5.73 Å². The van der Waals surface area contributed by atoms with Gasteiger partial charge in [0, 0.05) is 13.1 Å². The number of nitrogens with zero attached hydrogens (tertiary/aromatic N) is 4. The predicted molar refractivity (Wildman–Crippen MR) is 140 cm³/mol. The van der Waals surface area contributed by atoms with E-state index in [0.29, 0.717) is 36.5 Å². The second-order valence-corrected chi connectivity index (χ2v) is 7.36. The SMILES string of the molecule is CCNC(=NCc1ccccc1C)NCCCc1nn(-c2ccc(F)cc2)c(N)c1C#N.I. The van der Waals surface area contributed by atoms with Gasteiger partial charge in [0.2, 0.25) is 0 Å². The van der Waals surface area contributed by atoms with E-state index >= 15 is 0 Å². The molecule has 0 aliphatic rings. The average Bonchev–Trinajstić information content (AvgIpc) is 3.11. The van der Waals surface area contributed by atoms with Crippen molar-refractivity contribution in [3.63, 3.8) is 0 Å². The maximum Gasteiger partial charge on any atom is 0.191 e. The summed E-state index contributed by atoms with van der Waals surface area (Å²) in [7, 11) is 0. The number of nitrogens with one attached hydrogen (secondary N) is 2. The van der Waals surface area contributed by atoms with Gasteiger partial charge in [0.15, 0.2) is 5.96 Å². The average molecular weight is 561 g/mol. The molecule has 0 amide bonds. The third kappa shape index (κ3) is 6.92. The van der Waals surface area contributed by atoms with Gasteiger partial charge in [0.05, 0.1) is 17.9 Å². The van der Waals surface area contributed by atoms with E-state index in [2.05, 4.69) is 45.9 Å². The van der Waals surface area contributed by atoms with E-state index < -0.39 is 0 Å². The Hall–Kier alpha value is -3.13. The van der Waals surface area contributed by atoms with Gasteiger partial charge in [0.1, 0.15) is 23.3 Å². The quantitative estimate of drug-likeness (QED) is 0.167. The van der Waals surface area contributed by atoms with Crippen LogP contribution in [-0.4, -0.2) is 28.8 Å². The van der Waals surface area contributed by atoms with Crippen molar-refractivity contribution in [3.8, 4) is 11.8 Å². The Morgan fingerprint density at radius 3 is 2.58 bits per heavy atom. The first-order chi connectivity index (χ1) is 15.5. The molecule has 7 nitrogen and oxygen atoms in total. The number of nitrogen functional groups attached to an aromatic ring is 1. The molecule has 33 heavy (non-hydrogen) atoms. The lowest BCUT2D eigenvalue weighted by Gasteiger charge is -2.11. The van der Waals surface area contributed by atoms with Crippen molar-refractivity contribution in [3.05, 3.63) is 76.7 Å². The highest BCUT2D eigenvalue weighted by atomic mass is 127. The van der Waals surface area contributed by atoms with E-state index in [0.717, 1.165) is 18.9 Å². The number of guanidine groups is 1. The first kappa shape index (κ1) is 26.1. The zero-order chi connectivity index (χ0) is 22.9. The van der Waals surface area contributed by atoms with E-state index in [1.165, 1.54) is 27.9 Å². The molecule has 174 valence electrons. The maximum atomic E-state index is 13.2. The Morgan fingerprint density at radius 2 is 1.91 bits per heavy atom. The van der Waals surface area contributed by atoms with Crippen molar-refractivity contribution in [2.75, 3.05) is 18.8 Å². The monoisotopic (exact) mass is 561 g/mol. The summed E-state index contributed by atoms with van der Waals surface area (Å²) < 4.78 is 14.7.